The zero-order valence-electron chi connectivity index (χ0n) is 14.7. The Bertz CT molecular complexity index is 892. The Kier molecular flexibility index (Phi) is 5.86. The van der Waals surface area contributed by atoms with E-state index in [1.807, 2.05) is 41.8 Å². The van der Waals surface area contributed by atoms with Crippen LogP contribution in [0, 0.1) is 0 Å². The Balaban J connectivity index is 1.61. The average molecular weight is 368 g/mol. The molecule has 3 rings (SSSR count). The molecule has 2 aromatic carbocycles. The standard InChI is InChI=1S/C20H20N2O3S/c1-24-17-9-5-3-7-15(17)19(23)21-12-11-14-13-26-20(22-14)16-8-4-6-10-18(16)25-2/h3-10,13H,11-12H2,1-2H3,(H,21,23). The second-order valence-corrected chi connectivity index (χ2v) is 6.41. The summed E-state index contributed by atoms with van der Waals surface area (Å²) in [6, 6.07) is 15.0. The van der Waals surface area contributed by atoms with Crippen LogP contribution in [-0.4, -0.2) is 31.7 Å². The Morgan fingerprint density at radius 2 is 1.73 bits per heavy atom. The summed E-state index contributed by atoms with van der Waals surface area (Å²) < 4.78 is 10.6. The van der Waals surface area contributed by atoms with Gasteiger partial charge in [-0.3, -0.25) is 4.79 Å². The number of aromatic nitrogens is 1. The highest BCUT2D eigenvalue weighted by Crippen LogP contribution is 2.31. The number of hydrogen-bond donors (Lipinski definition) is 1. The van der Waals surface area contributed by atoms with Gasteiger partial charge in [-0.2, -0.15) is 0 Å². The molecule has 1 amide bonds. The molecule has 26 heavy (non-hydrogen) atoms. The molecule has 0 radical (unpaired) electrons. The largest absolute Gasteiger partial charge is 0.496 e. The first-order valence-electron chi connectivity index (χ1n) is 8.22. The molecule has 0 saturated heterocycles. The van der Waals surface area contributed by atoms with E-state index < -0.39 is 0 Å². The van der Waals surface area contributed by atoms with Gasteiger partial charge in [0.05, 0.1) is 31.0 Å². The number of para-hydroxylation sites is 2. The van der Waals surface area contributed by atoms with Crippen LogP contribution in [0.2, 0.25) is 0 Å². The molecule has 0 fully saturated rings. The summed E-state index contributed by atoms with van der Waals surface area (Å²) in [6.07, 6.45) is 0.659. The van der Waals surface area contributed by atoms with Gasteiger partial charge in [-0.15, -0.1) is 11.3 Å². The third kappa shape index (κ3) is 4.03. The van der Waals surface area contributed by atoms with Crippen LogP contribution < -0.4 is 14.8 Å². The molecule has 134 valence electrons. The van der Waals surface area contributed by atoms with E-state index >= 15 is 0 Å². The summed E-state index contributed by atoms with van der Waals surface area (Å²) in [7, 11) is 3.21. The van der Waals surface area contributed by atoms with E-state index in [1.54, 1.807) is 37.7 Å². The van der Waals surface area contributed by atoms with Gasteiger partial charge >= 0.3 is 0 Å². The van der Waals surface area contributed by atoms with Crippen molar-refractivity contribution in [3.8, 4) is 22.1 Å². The summed E-state index contributed by atoms with van der Waals surface area (Å²) in [5.74, 6) is 1.22. The van der Waals surface area contributed by atoms with Crippen LogP contribution >= 0.6 is 11.3 Å². The van der Waals surface area contributed by atoms with Gasteiger partial charge in [0.2, 0.25) is 0 Å². The number of ether oxygens (including phenoxy) is 2. The third-order valence-corrected chi connectivity index (χ3v) is 4.83. The van der Waals surface area contributed by atoms with E-state index in [4.69, 9.17) is 9.47 Å². The van der Waals surface area contributed by atoms with Crippen LogP contribution in [0.15, 0.2) is 53.9 Å². The van der Waals surface area contributed by atoms with Crippen LogP contribution in [0.25, 0.3) is 10.6 Å². The fourth-order valence-electron chi connectivity index (χ4n) is 2.60. The maximum absolute atomic E-state index is 12.3. The van der Waals surface area contributed by atoms with Crippen LogP contribution in [0.4, 0.5) is 0 Å². The van der Waals surface area contributed by atoms with Crippen molar-refractivity contribution in [3.05, 3.63) is 65.2 Å². The van der Waals surface area contributed by atoms with Crippen molar-refractivity contribution in [2.24, 2.45) is 0 Å². The first kappa shape index (κ1) is 17.9. The molecule has 1 heterocycles. The van der Waals surface area contributed by atoms with E-state index in [9.17, 15) is 4.79 Å². The first-order valence-corrected chi connectivity index (χ1v) is 9.10. The highest BCUT2D eigenvalue weighted by Gasteiger charge is 2.12. The SMILES string of the molecule is COc1ccccc1C(=O)NCCc1csc(-c2ccccc2OC)n1. The van der Waals surface area contributed by atoms with Gasteiger partial charge in [0.1, 0.15) is 16.5 Å². The van der Waals surface area contributed by atoms with Gasteiger partial charge < -0.3 is 14.8 Å². The molecule has 0 saturated carbocycles. The molecule has 0 aliphatic carbocycles. The van der Waals surface area contributed by atoms with Crippen molar-refractivity contribution >= 4 is 17.2 Å². The van der Waals surface area contributed by atoms with E-state index in [-0.39, 0.29) is 5.91 Å². The molecular formula is C20H20N2O3S. The number of amides is 1. The third-order valence-electron chi connectivity index (χ3n) is 3.91. The molecule has 0 bridgehead atoms. The summed E-state index contributed by atoms with van der Waals surface area (Å²) in [4.78, 5) is 17.0. The minimum Gasteiger partial charge on any atom is -0.496 e. The lowest BCUT2D eigenvalue weighted by Crippen LogP contribution is -2.26. The monoisotopic (exact) mass is 368 g/mol. The average Bonchev–Trinajstić information content (AvgIpc) is 3.16. The number of carbonyl (C=O) groups is 1. The summed E-state index contributed by atoms with van der Waals surface area (Å²) in [6.45, 7) is 0.506. The quantitative estimate of drug-likeness (QED) is 0.689. The molecule has 0 unspecified atom stereocenters. The number of thiazole rings is 1. The molecule has 0 aliphatic heterocycles. The Morgan fingerprint density at radius 3 is 2.50 bits per heavy atom. The van der Waals surface area contributed by atoms with E-state index in [0.717, 1.165) is 22.0 Å². The van der Waals surface area contributed by atoms with Crippen molar-refractivity contribution in [1.82, 2.24) is 10.3 Å². The van der Waals surface area contributed by atoms with Crippen molar-refractivity contribution < 1.29 is 14.3 Å². The van der Waals surface area contributed by atoms with Crippen LogP contribution in [0.5, 0.6) is 11.5 Å². The van der Waals surface area contributed by atoms with Crippen molar-refractivity contribution in [2.45, 2.75) is 6.42 Å². The zero-order valence-corrected chi connectivity index (χ0v) is 15.5. The Morgan fingerprint density at radius 1 is 1.04 bits per heavy atom. The molecule has 0 atom stereocenters. The summed E-state index contributed by atoms with van der Waals surface area (Å²) in [5.41, 5.74) is 2.45. The Hall–Kier alpha value is -2.86. The highest BCUT2D eigenvalue weighted by atomic mass is 32.1. The van der Waals surface area contributed by atoms with Crippen molar-refractivity contribution in [3.63, 3.8) is 0 Å². The number of rotatable bonds is 7. The molecule has 1 N–H and O–H groups in total. The van der Waals surface area contributed by atoms with Crippen LogP contribution in [0.3, 0.4) is 0 Å². The number of hydrogen-bond acceptors (Lipinski definition) is 5. The summed E-state index contributed by atoms with van der Waals surface area (Å²) >= 11 is 1.57. The maximum Gasteiger partial charge on any atom is 0.255 e. The van der Waals surface area contributed by atoms with Gasteiger partial charge in [0, 0.05) is 18.3 Å². The predicted molar refractivity (Wildman–Crippen MR) is 103 cm³/mol. The molecule has 6 heteroatoms. The number of carbonyl (C=O) groups excluding carboxylic acids is 1. The zero-order chi connectivity index (χ0) is 18.4. The topological polar surface area (TPSA) is 60.5 Å². The summed E-state index contributed by atoms with van der Waals surface area (Å²) in [5, 5.41) is 5.84. The highest BCUT2D eigenvalue weighted by molar-refractivity contribution is 7.13. The number of nitrogens with one attached hydrogen (secondary N) is 1. The van der Waals surface area contributed by atoms with Gasteiger partial charge in [0.25, 0.3) is 5.91 Å². The van der Waals surface area contributed by atoms with Gasteiger partial charge in [-0.25, -0.2) is 4.98 Å². The number of nitrogens with zero attached hydrogens (tertiary/aromatic N) is 1. The lowest BCUT2D eigenvalue weighted by molar-refractivity contribution is 0.0951. The molecule has 3 aromatic rings. The Labute approximate surface area is 156 Å². The fraction of sp³-hybridized carbons (Fsp3) is 0.200. The van der Waals surface area contributed by atoms with Crippen molar-refractivity contribution in [1.29, 1.82) is 0 Å². The predicted octanol–water partition coefficient (Wildman–Crippen LogP) is 3.80. The maximum atomic E-state index is 12.3. The second-order valence-electron chi connectivity index (χ2n) is 5.55. The van der Waals surface area contributed by atoms with Crippen LogP contribution in [-0.2, 0) is 6.42 Å². The minimum absolute atomic E-state index is 0.150. The van der Waals surface area contributed by atoms with E-state index in [2.05, 4.69) is 10.3 Å². The fourth-order valence-corrected chi connectivity index (χ4v) is 3.48. The second kappa shape index (κ2) is 8.49. The minimum atomic E-state index is -0.150. The van der Waals surface area contributed by atoms with Gasteiger partial charge in [-0.05, 0) is 24.3 Å². The normalized spacial score (nSPS) is 10.4. The first-order chi connectivity index (χ1) is 12.7. The van der Waals surface area contributed by atoms with Crippen molar-refractivity contribution in [2.75, 3.05) is 20.8 Å². The lowest BCUT2D eigenvalue weighted by Gasteiger charge is -2.08. The smallest absolute Gasteiger partial charge is 0.255 e. The lowest BCUT2D eigenvalue weighted by atomic mass is 10.2. The molecule has 0 spiro atoms. The molecule has 1 aromatic heterocycles. The van der Waals surface area contributed by atoms with E-state index in [0.29, 0.717) is 24.3 Å². The van der Waals surface area contributed by atoms with E-state index in [1.165, 1.54) is 0 Å². The van der Waals surface area contributed by atoms with Crippen LogP contribution in [0.1, 0.15) is 16.1 Å². The van der Waals surface area contributed by atoms with Gasteiger partial charge in [0.15, 0.2) is 0 Å². The number of benzene rings is 2. The molecular weight excluding hydrogens is 348 g/mol. The molecule has 5 nitrogen and oxygen atoms in total. The number of methoxy groups -OCH3 is 2. The molecule has 0 aliphatic rings. The van der Waals surface area contributed by atoms with Gasteiger partial charge in [-0.1, -0.05) is 24.3 Å².